The number of carbonyl (C=O) groups is 1. The number of hydrogen-bond donors (Lipinski definition) is 2. The van der Waals surface area contributed by atoms with Gasteiger partial charge in [-0.2, -0.15) is 0 Å². The molecule has 1 aromatic heterocycles. The second-order valence-corrected chi connectivity index (χ2v) is 5.63. The molecule has 1 aromatic carbocycles. The quantitative estimate of drug-likeness (QED) is 0.907. The third kappa shape index (κ3) is 4.50. The van der Waals surface area contributed by atoms with E-state index in [1.807, 2.05) is 37.3 Å². The van der Waals surface area contributed by atoms with Gasteiger partial charge in [0.25, 0.3) is 0 Å². The molecule has 0 radical (unpaired) electrons. The number of aromatic nitrogens is 2. The minimum Gasteiger partial charge on any atom is -0.326 e. The van der Waals surface area contributed by atoms with Crippen molar-refractivity contribution in [2.45, 2.75) is 19.8 Å². The summed E-state index contributed by atoms with van der Waals surface area (Å²) in [7, 11) is 0. The summed E-state index contributed by atoms with van der Waals surface area (Å²) in [5.41, 5.74) is 2.69. The lowest BCUT2D eigenvalue weighted by atomic mass is 9.99. The molecule has 122 valence electrons. The monoisotopic (exact) mass is 332 g/mol. The zero-order valence-electron chi connectivity index (χ0n) is 13.1. The molecule has 23 heavy (non-hydrogen) atoms. The largest absolute Gasteiger partial charge is 0.326 e. The number of hydrogen-bond acceptors (Lipinski definition) is 4. The Bertz CT molecular complexity index is 654. The van der Waals surface area contributed by atoms with E-state index in [9.17, 15) is 4.79 Å². The van der Waals surface area contributed by atoms with E-state index in [0.717, 1.165) is 42.9 Å². The Morgan fingerprint density at radius 3 is 2.70 bits per heavy atom. The SMILES string of the molecule is Cc1ccnc(-c2ccc(NC(=O)C3CCCNC3)cc2)n1.Cl. The van der Waals surface area contributed by atoms with Gasteiger partial charge in [0.05, 0.1) is 5.92 Å². The van der Waals surface area contributed by atoms with E-state index in [2.05, 4.69) is 20.6 Å². The van der Waals surface area contributed by atoms with Crippen LogP contribution in [-0.4, -0.2) is 29.0 Å². The summed E-state index contributed by atoms with van der Waals surface area (Å²) in [6, 6.07) is 9.54. The van der Waals surface area contributed by atoms with E-state index >= 15 is 0 Å². The predicted octanol–water partition coefficient (Wildman–Crippen LogP) is 2.81. The van der Waals surface area contributed by atoms with Crippen LogP contribution in [0.15, 0.2) is 36.5 Å². The van der Waals surface area contributed by atoms with Crippen molar-refractivity contribution < 1.29 is 4.79 Å². The van der Waals surface area contributed by atoms with Gasteiger partial charge in [-0.3, -0.25) is 4.79 Å². The van der Waals surface area contributed by atoms with Crippen LogP contribution in [0.3, 0.4) is 0 Å². The van der Waals surface area contributed by atoms with E-state index in [1.165, 1.54) is 0 Å². The number of rotatable bonds is 3. The highest BCUT2D eigenvalue weighted by Crippen LogP contribution is 2.19. The highest BCUT2D eigenvalue weighted by atomic mass is 35.5. The molecule has 1 aliphatic heterocycles. The smallest absolute Gasteiger partial charge is 0.228 e. The first kappa shape index (κ1) is 17.4. The summed E-state index contributed by atoms with van der Waals surface area (Å²) in [5, 5.41) is 6.24. The average molecular weight is 333 g/mol. The Morgan fingerprint density at radius 2 is 2.04 bits per heavy atom. The van der Waals surface area contributed by atoms with Crippen LogP contribution in [0.1, 0.15) is 18.5 Å². The van der Waals surface area contributed by atoms with E-state index in [-0.39, 0.29) is 24.2 Å². The zero-order valence-corrected chi connectivity index (χ0v) is 13.9. The maximum Gasteiger partial charge on any atom is 0.228 e. The van der Waals surface area contributed by atoms with Crippen LogP contribution in [0.5, 0.6) is 0 Å². The zero-order chi connectivity index (χ0) is 15.4. The summed E-state index contributed by atoms with van der Waals surface area (Å²) in [6.07, 6.45) is 3.76. The van der Waals surface area contributed by atoms with Crippen LogP contribution in [0, 0.1) is 12.8 Å². The normalized spacial score (nSPS) is 17.2. The first-order valence-corrected chi connectivity index (χ1v) is 7.64. The third-order valence-corrected chi connectivity index (χ3v) is 3.87. The highest BCUT2D eigenvalue weighted by Gasteiger charge is 2.20. The number of benzene rings is 1. The number of nitrogens with one attached hydrogen (secondary N) is 2. The summed E-state index contributed by atoms with van der Waals surface area (Å²) >= 11 is 0. The molecule has 2 heterocycles. The molecule has 1 aliphatic rings. The first-order valence-electron chi connectivity index (χ1n) is 7.64. The Labute approximate surface area is 142 Å². The van der Waals surface area contributed by atoms with Gasteiger partial charge in [0.2, 0.25) is 5.91 Å². The van der Waals surface area contributed by atoms with Gasteiger partial charge in [0.1, 0.15) is 0 Å². The number of nitrogens with zero attached hydrogens (tertiary/aromatic N) is 2. The molecule has 2 N–H and O–H groups in total. The molecule has 0 spiro atoms. The highest BCUT2D eigenvalue weighted by molar-refractivity contribution is 5.93. The molecule has 1 unspecified atom stereocenters. The van der Waals surface area contributed by atoms with Crippen LogP contribution >= 0.6 is 12.4 Å². The molecule has 0 bridgehead atoms. The van der Waals surface area contributed by atoms with Gasteiger partial charge in [0.15, 0.2) is 5.82 Å². The van der Waals surface area contributed by atoms with Crippen LogP contribution in [0.4, 0.5) is 5.69 Å². The summed E-state index contributed by atoms with van der Waals surface area (Å²) in [6.45, 7) is 3.72. The number of carbonyl (C=O) groups excluding carboxylic acids is 1. The fourth-order valence-corrected chi connectivity index (χ4v) is 2.61. The van der Waals surface area contributed by atoms with Crippen molar-refractivity contribution in [1.82, 2.24) is 15.3 Å². The van der Waals surface area contributed by atoms with Gasteiger partial charge >= 0.3 is 0 Å². The van der Waals surface area contributed by atoms with Gasteiger partial charge in [-0.1, -0.05) is 0 Å². The molecule has 1 amide bonds. The molecule has 0 aliphatic carbocycles. The summed E-state index contributed by atoms with van der Waals surface area (Å²) < 4.78 is 0. The van der Waals surface area contributed by atoms with E-state index in [4.69, 9.17) is 0 Å². The maximum absolute atomic E-state index is 12.2. The van der Waals surface area contributed by atoms with E-state index < -0.39 is 0 Å². The van der Waals surface area contributed by atoms with Crippen molar-refractivity contribution in [3.05, 3.63) is 42.2 Å². The first-order chi connectivity index (χ1) is 10.7. The fourth-order valence-electron chi connectivity index (χ4n) is 2.61. The maximum atomic E-state index is 12.2. The lowest BCUT2D eigenvalue weighted by molar-refractivity contribution is -0.120. The molecular weight excluding hydrogens is 312 g/mol. The van der Waals surface area contributed by atoms with Gasteiger partial charge in [-0.05, 0) is 56.6 Å². The van der Waals surface area contributed by atoms with Crippen molar-refractivity contribution in [2.24, 2.45) is 5.92 Å². The Morgan fingerprint density at radius 1 is 1.26 bits per heavy atom. The molecule has 0 saturated carbocycles. The topological polar surface area (TPSA) is 66.9 Å². The molecule has 5 nitrogen and oxygen atoms in total. The summed E-state index contributed by atoms with van der Waals surface area (Å²) in [4.78, 5) is 20.9. The molecule has 3 rings (SSSR count). The van der Waals surface area contributed by atoms with Crippen molar-refractivity contribution in [3.63, 3.8) is 0 Å². The van der Waals surface area contributed by atoms with Gasteiger partial charge in [-0.25, -0.2) is 9.97 Å². The Balaban J connectivity index is 0.00000192. The molecule has 2 aromatic rings. The minimum absolute atomic E-state index is 0. The molecular formula is C17H21ClN4O. The number of amides is 1. The second-order valence-electron chi connectivity index (χ2n) is 5.63. The average Bonchev–Trinajstić information content (AvgIpc) is 2.56. The third-order valence-electron chi connectivity index (χ3n) is 3.87. The lowest BCUT2D eigenvalue weighted by Crippen LogP contribution is -2.37. The number of halogens is 1. The van der Waals surface area contributed by atoms with Crippen molar-refractivity contribution in [1.29, 1.82) is 0 Å². The van der Waals surface area contributed by atoms with Crippen molar-refractivity contribution in [2.75, 3.05) is 18.4 Å². The second kappa shape index (κ2) is 8.04. The van der Waals surface area contributed by atoms with Crippen LogP contribution in [0.25, 0.3) is 11.4 Å². The minimum atomic E-state index is 0. The van der Waals surface area contributed by atoms with Gasteiger partial charge in [-0.15, -0.1) is 12.4 Å². The molecule has 1 saturated heterocycles. The standard InChI is InChI=1S/C17H20N4O.ClH/c1-12-8-10-19-16(20-12)13-4-6-15(7-5-13)21-17(22)14-3-2-9-18-11-14;/h4-8,10,14,18H,2-3,9,11H2,1H3,(H,21,22);1H. The summed E-state index contributed by atoms with van der Waals surface area (Å²) in [5.74, 6) is 0.856. The van der Waals surface area contributed by atoms with E-state index in [1.54, 1.807) is 6.20 Å². The van der Waals surface area contributed by atoms with E-state index in [0.29, 0.717) is 5.82 Å². The van der Waals surface area contributed by atoms with Crippen molar-refractivity contribution in [3.8, 4) is 11.4 Å². The number of piperidine rings is 1. The molecule has 1 atom stereocenters. The van der Waals surface area contributed by atoms with Crippen LogP contribution in [-0.2, 0) is 4.79 Å². The van der Waals surface area contributed by atoms with Gasteiger partial charge in [0, 0.05) is 29.7 Å². The number of anilines is 1. The van der Waals surface area contributed by atoms with Crippen LogP contribution in [0.2, 0.25) is 0 Å². The Hall–Kier alpha value is -1.98. The van der Waals surface area contributed by atoms with Gasteiger partial charge < -0.3 is 10.6 Å². The van der Waals surface area contributed by atoms with Crippen molar-refractivity contribution >= 4 is 24.0 Å². The fraction of sp³-hybridized carbons (Fsp3) is 0.353. The Kier molecular flexibility index (Phi) is 6.07. The predicted molar refractivity (Wildman–Crippen MR) is 93.7 cm³/mol. The molecule has 6 heteroatoms. The lowest BCUT2D eigenvalue weighted by Gasteiger charge is -2.21. The number of aryl methyl sites for hydroxylation is 1. The van der Waals surface area contributed by atoms with Crippen LogP contribution < -0.4 is 10.6 Å². The molecule has 1 fully saturated rings.